The van der Waals surface area contributed by atoms with Crippen molar-refractivity contribution in [1.82, 2.24) is 10.6 Å². The van der Waals surface area contributed by atoms with E-state index in [0.29, 0.717) is 0 Å². The SMILES string of the molecule is C=C(/C=C\C=C(/C)F)C(=O)NC1CCC(=O)NC1=O. The quantitative estimate of drug-likeness (QED) is 0.451. The second kappa shape index (κ2) is 6.63. The molecule has 3 amide bonds. The molecule has 2 N–H and O–H groups in total. The van der Waals surface area contributed by atoms with Crippen LogP contribution in [0.4, 0.5) is 4.39 Å². The van der Waals surface area contributed by atoms with Gasteiger partial charge in [0.1, 0.15) is 6.04 Å². The van der Waals surface area contributed by atoms with Gasteiger partial charge in [-0.2, -0.15) is 0 Å². The summed E-state index contributed by atoms with van der Waals surface area (Å²) in [4.78, 5) is 34.0. The zero-order valence-electron chi connectivity index (χ0n) is 10.5. The lowest BCUT2D eigenvalue weighted by Gasteiger charge is -2.21. The van der Waals surface area contributed by atoms with E-state index in [1.165, 1.54) is 25.2 Å². The third-order valence-corrected chi connectivity index (χ3v) is 2.46. The molecular weight excluding hydrogens is 251 g/mol. The minimum absolute atomic E-state index is 0.0993. The number of imide groups is 1. The highest BCUT2D eigenvalue weighted by molar-refractivity contribution is 6.04. The number of piperidine rings is 1. The lowest BCUT2D eigenvalue weighted by atomic mass is 10.1. The van der Waals surface area contributed by atoms with Gasteiger partial charge in [0, 0.05) is 12.0 Å². The molecule has 0 radical (unpaired) electrons. The van der Waals surface area contributed by atoms with E-state index in [9.17, 15) is 18.8 Å². The number of nitrogens with one attached hydrogen (secondary N) is 2. The summed E-state index contributed by atoms with van der Waals surface area (Å²) in [5.41, 5.74) is 0.0993. The molecule has 0 aliphatic carbocycles. The number of amides is 3. The summed E-state index contributed by atoms with van der Waals surface area (Å²) in [6.45, 7) is 4.78. The molecule has 1 atom stereocenters. The molecule has 0 saturated carbocycles. The number of allylic oxidation sites excluding steroid dienone is 3. The smallest absolute Gasteiger partial charge is 0.251 e. The Hall–Kier alpha value is -2.24. The van der Waals surface area contributed by atoms with Crippen molar-refractivity contribution in [1.29, 1.82) is 0 Å². The fraction of sp³-hybridized carbons (Fsp3) is 0.308. The molecule has 1 saturated heterocycles. The van der Waals surface area contributed by atoms with Gasteiger partial charge in [0.05, 0.1) is 5.83 Å². The molecule has 0 aromatic rings. The van der Waals surface area contributed by atoms with Crippen LogP contribution in [-0.2, 0) is 14.4 Å². The molecule has 1 unspecified atom stereocenters. The van der Waals surface area contributed by atoms with Crippen molar-refractivity contribution in [2.75, 3.05) is 0 Å². The van der Waals surface area contributed by atoms with Crippen molar-refractivity contribution in [2.45, 2.75) is 25.8 Å². The highest BCUT2D eigenvalue weighted by Gasteiger charge is 2.27. The molecule has 0 aromatic carbocycles. The van der Waals surface area contributed by atoms with Crippen molar-refractivity contribution in [3.8, 4) is 0 Å². The molecule has 0 spiro atoms. The summed E-state index contributed by atoms with van der Waals surface area (Å²) in [5, 5.41) is 4.59. The van der Waals surface area contributed by atoms with Crippen molar-refractivity contribution >= 4 is 17.7 Å². The molecule has 1 rings (SSSR count). The third-order valence-electron chi connectivity index (χ3n) is 2.46. The fourth-order valence-electron chi connectivity index (χ4n) is 1.45. The minimum Gasteiger partial charge on any atom is -0.340 e. The van der Waals surface area contributed by atoms with Gasteiger partial charge in [-0.1, -0.05) is 12.7 Å². The lowest BCUT2D eigenvalue weighted by molar-refractivity contribution is -0.136. The molecule has 0 aromatic heterocycles. The molecule has 5 nitrogen and oxygen atoms in total. The molecule has 1 fully saturated rings. The maximum Gasteiger partial charge on any atom is 0.251 e. The summed E-state index contributed by atoms with van der Waals surface area (Å²) >= 11 is 0. The summed E-state index contributed by atoms with van der Waals surface area (Å²) in [5.74, 6) is -1.80. The monoisotopic (exact) mass is 266 g/mol. The molecule has 1 aliphatic rings. The van der Waals surface area contributed by atoms with Gasteiger partial charge in [-0.05, 0) is 25.5 Å². The van der Waals surface area contributed by atoms with Gasteiger partial charge in [0.2, 0.25) is 11.8 Å². The number of carbonyl (C=O) groups is 3. The van der Waals surface area contributed by atoms with Crippen LogP contribution in [0.5, 0.6) is 0 Å². The van der Waals surface area contributed by atoms with E-state index in [1.54, 1.807) is 0 Å². The van der Waals surface area contributed by atoms with E-state index in [-0.39, 0.29) is 24.3 Å². The van der Waals surface area contributed by atoms with Crippen molar-refractivity contribution < 1.29 is 18.8 Å². The summed E-state index contributed by atoms with van der Waals surface area (Å²) in [6.07, 6.45) is 4.32. The maximum absolute atomic E-state index is 12.4. The van der Waals surface area contributed by atoms with E-state index in [1.807, 2.05) is 0 Å². The van der Waals surface area contributed by atoms with Crippen LogP contribution in [0.2, 0.25) is 0 Å². The van der Waals surface area contributed by atoms with Gasteiger partial charge in [-0.15, -0.1) is 0 Å². The van der Waals surface area contributed by atoms with E-state index in [2.05, 4.69) is 17.2 Å². The second-order valence-corrected chi connectivity index (χ2v) is 4.11. The van der Waals surface area contributed by atoms with Crippen molar-refractivity contribution in [2.24, 2.45) is 0 Å². The van der Waals surface area contributed by atoms with Crippen LogP contribution in [0.25, 0.3) is 0 Å². The first kappa shape index (κ1) is 14.8. The topological polar surface area (TPSA) is 75.3 Å². The Morgan fingerprint density at radius 1 is 1.53 bits per heavy atom. The Labute approximate surface area is 110 Å². The van der Waals surface area contributed by atoms with Gasteiger partial charge in [-0.25, -0.2) is 4.39 Å². The van der Waals surface area contributed by atoms with E-state index in [4.69, 9.17) is 0 Å². The van der Waals surface area contributed by atoms with E-state index >= 15 is 0 Å². The molecule has 1 aliphatic heterocycles. The fourth-order valence-corrected chi connectivity index (χ4v) is 1.45. The standard InChI is InChI=1S/C13H15FN2O3/c1-8(4-3-5-9(2)14)12(18)15-10-6-7-11(17)16-13(10)19/h3-5,10H,1,6-7H2,2H3,(H,15,18)(H,16,17,19)/b4-3-,9-5+. The molecular formula is C13H15FN2O3. The summed E-state index contributed by atoms with van der Waals surface area (Å²) in [7, 11) is 0. The second-order valence-electron chi connectivity index (χ2n) is 4.11. The van der Waals surface area contributed by atoms with Crippen LogP contribution >= 0.6 is 0 Å². The van der Waals surface area contributed by atoms with Gasteiger partial charge in [0.15, 0.2) is 0 Å². The lowest BCUT2D eigenvalue weighted by Crippen LogP contribution is -2.52. The van der Waals surface area contributed by atoms with Crippen LogP contribution in [0.15, 0.2) is 36.2 Å². The van der Waals surface area contributed by atoms with Crippen molar-refractivity contribution in [3.63, 3.8) is 0 Å². The van der Waals surface area contributed by atoms with Crippen LogP contribution in [0, 0.1) is 0 Å². The summed E-state index contributed by atoms with van der Waals surface area (Å²) < 4.78 is 12.4. The Morgan fingerprint density at radius 2 is 2.21 bits per heavy atom. The Balaban J connectivity index is 2.53. The van der Waals surface area contributed by atoms with Crippen LogP contribution < -0.4 is 10.6 Å². The molecule has 19 heavy (non-hydrogen) atoms. The zero-order chi connectivity index (χ0) is 14.4. The average molecular weight is 266 g/mol. The number of hydrogen-bond acceptors (Lipinski definition) is 3. The first-order chi connectivity index (χ1) is 8.90. The highest BCUT2D eigenvalue weighted by Crippen LogP contribution is 2.06. The van der Waals surface area contributed by atoms with Gasteiger partial charge < -0.3 is 5.32 Å². The van der Waals surface area contributed by atoms with E-state index < -0.39 is 23.7 Å². The van der Waals surface area contributed by atoms with Crippen molar-refractivity contribution in [3.05, 3.63) is 36.2 Å². The first-order valence-electron chi connectivity index (χ1n) is 5.74. The zero-order valence-corrected chi connectivity index (χ0v) is 10.5. The van der Waals surface area contributed by atoms with Crippen LogP contribution in [0.1, 0.15) is 19.8 Å². The minimum atomic E-state index is -0.742. The maximum atomic E-state index is 12.4. The molecule has 0 bridgehead atoms. The summed E-state index contributed by atoms with van der Waals surface area (Å²) in [6, 6.07) is -0.742. The Bertz CT molecular complexity index is 476. The number of hydrogen-bond donors (Lipinski definition) is 2. The average Bonchev–Trinajstić information content (AvgIpc) is 2.32. The van der Waals surface area contributed by atoms with Gasteiger partial charge >= 0.3 is 0 Å². The normalized spacial score (nSPS) is 20.3. The van der Waals surface area contributed by atoms with Gasteiger partial charge in [0.25, 0.3) is 5.91 Å². The Morgan fingerprint density at radius 3 is 2.79 bits per heavy atom. The predicted molar refractivity (Wildman–Crippen MR) is 67.5 cm³/mol. The van der Waals surface area contributed by atoms with Crippen LogP contribution in [-0.4, -0.2) is 23.8 Å². The Kier molecular flexibility index (Phi) is 5.17. The van der Waals surface area contributed by atoms with E-state index in [0.717, 1.165) is 0 Å². The molecule has 1 heterocycles. The largest absolute Gasteiger partial charge is 0.340 e. The predicted octanol–water partition coefficient (Wildman–Crippen LogP) is 0.893. The third kappa shape index (κ3) is 4.87. The van der Waals surface area contributed by atoms with Crippen LogP contribution in [0.3, 0.4) is 0 Å². The molecule has 6 heteroatoms. The first-order valence-corrected chi connectivity index (χ1v) is 5.74. The highest BCUT2D eigenvalue weighted by atomic mass is 19.1. The number of carbonyl (C=O) groups excluding carboxylic acids is 3. The molecule has 102 valence electrons. The number of rotatable bonds is 4. The van der Waals surface area contributed by atoms with Gasteiger partial charge in [-0.3, -0.25) is 19.7 Å². The number of halogens is 1.